The van der Waals surface area contributed by atoms with Crippen molar-refractivity contribution in [2.24, 2.45) is 0 Å². The van der Waals surface area contributed by atoms with Crippen molar-refractivity contribution < 1.29 is 5.11 Å². The van der Waals surface area contributed by atoms with Crippen molar-refractivity contribution in [1.29, 1.82) is 0 Å². The fraction of sp³-hybridized carbons (Fsp3) is 0.471. The minimum absolute atomic E-state index is 0.580. The van der Waals surface area contributed by atoms with E-state index in [2.05, 4.69) is 30.2 Å². The van der Waals surface area contributed by atoms with Crippen LogP contribution in [0.25, 0.3) is 0 Å². The number of aryl methyl sites for hydroxylation is 1. The molecule has 1 N–H and O–H groups in total. The molecule has 0 bridgehead atoms. The van der Waals surface area contributed by atoms with Gasteiger partial charge in [0.15, 0.2) is 0 Å². The molecule has 1 unspecified atom stereocenters. The first-order valence-electron chi connectivity index (χ1n) is 7.59. The lowest BCUT2D eigenvalue weighted by Crippen LogP contribution is -2.12. The van der Waals surface area contributed by atoms with Crippen molar-refractivity contribution >= 4 is 0 Å². The molecule has 1 aliphatic rings. The van der Waals surface area contributed by atoms with Gasteiger partial charge in [-0.05, 0) is 42.4 Å². The van der Waals surface area contributed by atoms with E-state index >= 15 is 0 Å². The molecule has 1 aromatic carbocycles. The first-order valence-corrected chi connectivity index (χ1v) is 7.59. The lowest BCUT2D eigenvalue weighted by molar-refractivity contribution is 0.207. The van der Waals surface area contributed by atoms with Crippen LogP contribution in [0.5, 0.6) is 0 Å². The minimum atomic E-state index is -0.580. The number of hydrogen-bond donors (Lipinski definition) is 1. The van der Waals surface area contributed by atoms with Crippen molar-refractivity contribution in [2.45, 2.75) is 51.2 Å². The highest BCUT2D eigenvalue weighted by Crippen LogP contribution is 2.37. The van der Waals surface area contributed by atoms with Gasteiger partial charge in [-0.25, -0.2) is 0 Å². The van der Waals surface area contributed by atoms with Gasteiger partial charge in [0.25, 0.3) is 0 Å². The van der Waals surface area contributed by atoms with Gasteiger partial charge in [-0.15, -0.1) is 0 Å². The van der Waals surface area contributed by atoms with Gasteiger partial charge in [0.05, 0.1) is 5.69 Å². The van der Waals surface area contributed by atoms with Gasteiger partial charge in [0.1, 0.15) is 6.10 Å². The van der Waals surface area contributed by atoms with E-state index < -0.39 is 6.10 Å². The molecule has 1 aromatic heterocycles. The molecule has 1 atom stereocenters. The van der Waals surface area contributed by atoms with Crippen molar-refractivity contribution in [3.8, 4) is 0 Å². The van der Waals surface area contributed by atoms with Gasteiger partial charge in [0, 0.05) is 12.7 Å². The zero-order valence-electron chi connectivity index (χ0n) is 12.0. The summed E-state index contributed by atoms with van der Waals surface area (Å²) in [5, 5.41) is 14.9. The lowest BCUT2D eigenvalue weighted by atomic mass is 9.79. The molecule has 1 aliphatic carbocycles. The summed E-state index contributed by atoms with van der Waals surface area (Å²) in [5.74, 6) is 0.697. The minimum Gasteiger partial charge on any atom is -0.382 e. The van der Waals surface area contributed by atoms with Gasteiger partial charge >= 0.3 is 0 Å². The largest absolute Gasteiger partial charge is 0.382 e. The van der Waals surface area contributed by atoms with Crippen molar-refractivity contribution in [3.05, 3.63) is 53.3 Å². The van der Waals surface area contributed by atoms with Crippen molar-refractivity contribution in [2.75, 3.05) is 0 Å². The zero-order chi connectivity index (χ0) is 13.9. The number of aliphatic hydroxyl groups excluding tert-OH is 1. The molecule has 3 rings (SSSR count). The fourth-order valence-electron chi connectivity index (χ4n) is 2.87. The smallest absolute Gasteiger partial charge is 0.121 e. The van der Waals surface area contributed by atoms with Gasteiger partial charge in [0.2, 0.25) is 0 Å². The van der Waals surface area contributed by atoms with E-state index in [1.54, 1.807) is 6.20 Å². The average Bonchev–Trinajstić information content (AvgIpc) is 2.85. The number of nitrogens with zero attached hydrogens (tertiary/aromatic N) is 2. The van der Waals surface area contributed by atoms with Gasteiger partial charge < -0.3 is 5.11 Å². The summed E-state index contributed by atoms with van der Waals surface area (Å²) in [6.45, 7) is 2.97. The Morgan fingerprint density at radius 2 is 2.20 bits per heavy atom. The third-order valence-electron chi connectivity index (χ3n) is 4.27. The number of rotatable bonds is 5. The molecule has 20 heavy (non-hydrogen) atoms. The maximum Gasteiger partial charge on any atom is 0.121 e. The Labute approximate surface area is 120 Å². The predicted molar refractivity (Wildman–Crippen MR) is 79.6 cm³/mol. The standard InChI is InChI=1S/C17H22N2O/c1-2-11-19-16(9-10-18-19)17(20)15-8-4-7-14(12-15)13-5-3-6-13/h4,7-10,12-13,17,20H,2-3,5-6,11H2,1H3. The maximum absolute atomic E-state index is 10.6. The summed E-state index contributed by atoms with van der Waals surface area (Å²) in [6.07, 6.45) is 6.11. The lowest BCUT2D eigenvalue weighted by Gasteiger charge is -2.26. The van der Waals surface area contributed by atoms with Crippen LogP contribution < -0.4 is 0 Å². The third kappa shape index (κ3) is 2.50. The van der Waals surface area contributed by atoms with E-state index in [1.807, 2.05) is 16.8 Å². The highest BCUT2D eigenvalue weighted by Gasteiger charge is 2.21. The summed E-state index contributed by atoms with van der Waals surface area (Å²) in [4.78, 5) is 0. The van der Waals surface area contributed by atoms with Gasteiger partial charge in [-0.3, -0.25) is 4.68 Å². The van der Waals surface area contributed by atoms with Crippen LogP contribution in [0.4, 0.5) is 0 Å². The topological polar surface area (TPSA) is 38.0 Å². The molecular formula is C17H22N2O. The Morgan fingerprint density at radius 1 is 1.35 bits per heavy atom. The zero-order valence-corrected chi connectivity index (χ0v) is 12.0. The molecule has 3 nitrogen and oxygen atoms in total. The molecule has 3 heteroatoms. The molecule has 0 spiro atoms. The first-order chi connectivity index (χ1) is 9.79. The Balaban J connectivity index is 1.85. The summed E-state index contributed by atoms with van der Waals surface area (Å²) in [7, 11) is 0. The average molecular weight is 270 g/mol. The number of benzene rings is 1. The monoisotopic (exact) mass is 270 g/mol. The molecular weight excluding hydrogens is 248 g/mol. The van der Waals surface area contributed by atoms with Gasteiger partial charge in [-0.2, -0.15) is 5.10 Å². The highest BCUT2D eigenvalue weighted by atomic mass is 16.3. The fourth-order valence-corrected chi connectivity index (χ4v) is 2.87. The second kappa shape index (κ2) is 5.80. The van der Waals surface area contributed by atoms with E-state index in [9.17, 15) is 5.11 Å². The Kier molecular flexibility index (Phi) is 3.88. The van der Waals surface area contributed by atoms with E-state index in [1.165, 1.54) is 24.8 Å². The Hall–Kier alpha value is -1.61. The molecule has 0 amide bonds. The summed E-state index contributed by atoms with van der Waals surface area (Å²) in [6, 6.07) is 10.3. The Bertz CT molecular complexity index is 572. The van der Waals surface area contributed by atoms with Crippen LogP contribution in [0.2, 0.25) is 0 Å². The molecule has 0 radical (unpaired) electrons. The van der Waals surface area contributed by atoms with Crippen LogP contribution in [-0.2, 0) is 6.54 Å². The number of aromatic nitrogens is 2. The van der Waals surface area contributed by atoms with Crippen LogP contribution in [0, 0.1) is 0 Å². The SMILES string of the molecule is CCCn1nccc1C(O)c1cccc(C2CCC2)c1. The molecule has 106 valence electrons. The van der Waals surface area contributed by atoms with Gasteiger partial charge in [-0.1, -0.05) is 37.6 Å². The highest BCUT2D eigenvalue weighted by molar-refractivity contribution is 5.32. The molecule has 2 aromatic rings. The third-order valence-corrected chi connectivity index (χ3v) is 4.27. The van der Waals surface area contributed by atoms with E-state index in [4.69, 9.17) is 0 Å². The normalized spacial score (nSPS) is 16.9. The van der Waals surface area contributed by atoms with Crippen molar-refractivity contribution in [3.63, 3.8) is 0 Å². The van der Waals surface area contributed by atoms with Crippen LogP contribution in [0.1, 0.15) is 61.4 Å². The predicted octanol–water partition coefficient (Wildman–Crippen LogP) is 3.64. The maximum atomic E-state index is 10.6. The molecule has 0 aliphatic heterocycles. The number of hydrogen-bond acceptors (Lipinski definition) is 2. The summed E-state index contributed by atoms with van der Waals surface area (Å²) < 4.78 is 1.90. The van der Waals surface area contributed by atoms with E-state index in [-0.39, 0.29) is 0 Å². The molecule has 1 saturated carbocycles. The van der Waals surface area contributed by atoms with E-state index in [0.717, 1.165) is 24.2 Å². The second-order valence-electron chi connectivity index (χ2n) is 5.68. The summed E-state index contributed by atoms with van der Waals surface area (Å²) in [5.41, 5.74) is 3.24. The number of aliphatic hydroxyl groups is 1. The van der Waals surface area contributed by atoms with Crippen molar-refractivity contribution in [1.82, 2.24) is 9.78 Å². The molecule has 0 saturated heterocycles. The van der Waals surface area contributed by atoms with Crippen LogP contribution in [-0.4, -0.2) is 14.9 Å². The second-order valence-corrected chi connectivity index (χ2v) is 5.68. The van der Waals surface area contributed by atoms with Crippen LogP contribution in [0.3, 0.4) is 0 Å². The quantitative estimate of drug-likeness (QED) is 0.900. The molecule has 1 fully saturated rings. The first kappa shape index (κ1) is 13.4. The summed E-state index contributed by atoms with van der Waals surface area (Å²) >= 11 is 0. The van der Waals surface area contributed by atoms with E-state index in [0.29, 0.717) is 5.92 Å². The Morgan fingerprint density at radius 3 is 2.90 bits per heavy atom. The van der Waals surface area contributed by atoms with Crippen LogP contribution in [0.15, 0.2) is 36.5 Å². The van der Waals surface area contributed by atoms with Crippen LogP contribution >= 0.6 is 0 Å². The molecule has 1 heterocycles.